The number of amides is 1. The van der Waals surface area contributed by atoms with Gasteiger partial charge in [-0.2, -0.15) is 0 Å². The van der Waals surface area contributed by atoms with Crippen molar-refractivity contribution in [3.05, 3.63) is 51.2 Å². The predicted octanol–water partition coefficient (Wildman–Crippen LogP) is 5.34. The summed E-state index contributed by atoms with van der Waals surface area (Å²) in [7, 11) is 0. The molecule has 0 aliphatic carbocycles. The molecule has 0 radical (unpaired) electrons. The van der Waals surface area contributed by atoms with Crippen molar-refractivity contribution in [3.63, 3.8) is 0 Å². The Hall–Kier alpha value is -1.61. The highest BCUT2D eigenvalue weighted by Crippen LogP contribution is 2.30. The Morgan fingerprint density at radius 1 is 1.33 bits per heavy atom. The number of carbonyl (C=O) groups excluding carboxylic acids is 1. The molecule has 0 fully saturated rings. The van der Waals surface area contributed by atoms with Crippen LogP contribution in [0.5, 0.6) is 0 Å². The number of aryl methyl sites for hydroxylation is 1. The zero-order valence-electron chi connectivity index (χ0n) is 14.9. The molecule has 1 atom stereocenters. The quantitative estimate of drug-likeness (QED) is 0.465. The van der Waals surface area contributed by atoms with Crippen LogP contribution in [0.4, 0.5) is 10.8 Å². The molecular weight excluding hydrogens is 420 g/mol. The van der Waals surface area contributed by atoms with E-state index in [9.17, 15) is 4.79 Å². The van der Waals surface area contributed by atoms with E-state index in [4.69, 9.17) is 11.6 Å². The van der Waals surface area contributed by atoms with Crippen molar-refractivity contribution in [1.82, 2.24) is 10.2 Å². The van der Waals surface area contributed by atoms with E-state index in [1.165, 1.54) is 28.0 Å². The first kappa shape index (κ1) is 20.1. The Bertz CT molecular complexity index is 898. The number of carbonyl (C=O) groups is 1. The molecule has 0 aliphatic heterocycles. The Morgan fingerprint density at radius 2 is 2.19 bits per heavy atom. The predicted molar refractivity (Wildman–Crippen MR) is 117 cm³/mol. The molecule has 2 aromatic heterocycles. The Morgan fingerprint density at radius 3 is 2.96 bits per heavy atom. The van der Waals surface area contributed by atoms with Gasteiger partial charge in [-0.15, -0.1) is 21.5 Å². The molecule has 0 saturated heterocycles. The number of nitrogens with zero attached hydrogens (tertiary/aromatic N) is 2. The molecule has 9 heteroatoms. The van der Waals surface area contributed by atoms with Crippen LogP contribution < -0.4 is 10.6 Å². The first-order chi connectivity index (χ1) is 13.0. The van der Waals surface area contributed by atoms with Gasteiger partial charge in [0.1, 0.15) is 0 Å². The van der Waals surface area contributed by atoms with Crippen LogP contribution in [-0.4, -0.2) is 27.9 Å². The number of thiophene rings is 1. The molecule has 5 nitrogen and oxygen atoms in total. The lowest BCUT2D eigenvalue weighted by atomic mass is 10.2. The van der Waals surface area contributed by atoms with Gasteiger partial charge in [-0.1, -0.05) is 46.8 Å². The van der Waals surface area contributed by atoms with E-state index >= 15 is 0 Å². The van der Waals surface area contributed by atoms with Gasteiger partial charge in [0.05, 0.1) is 5.25 Å². The van der Waals surface area contributed by atoms with Gasteiger partial charge >= 0.3 is 0 Å². The van der Waals surface area contributed by atoms with Crippen molar-refractivity contribution in [3.8, 4) is 0 Å². The standard InChI is InChI=1S/C18H19ClN4OS3/c1-11-5-6-13(19)10-15(11)21-16(24)12(2)26-18-23-22-17(27-18)20-8-7-14-4-3-9-25-14/h3-6,9-10,12H,7-8H2,1-2H3,(H,20,22)(H,21,24). The fraction of sp³-hybridized carbons (Fsp3) is 0.278. The molecule has 1 aromatic carbocycles. The van der Waals surface area contributed by atoms with E-state index in [2.05, 4.69) is 38.3 Å². The van der Waals surface area contributed by atoms with Gasteiger partial charge in [-0.3, -0.25) is 4.79 Å². The SMILES string of the molecule is Cc1ccc(Cl)cc1NC(=O)C(C)Sc1nnc(NCCc2cccs2)s1. The highest BCUT2D eigenvalue weighted by molar-refractivity contribution is 8.02. The smallest absolute Gasteiger partial charge is 0.237 e. The number of hydrogen-bond donors (Lipinski definition) is 2. The molecule has 2 heterocycles. The van der Waals surface area contributed by atoms with Crippen LogP contribution in [-0.2, 0) is 11.2 Å². The zero-order valence-corrected chi connectivity index (χ0v) is 18.1. The van der Waals surface area contributed by atoms with Crippen LogP contribution in [0.1, 0.15) is 17.4 Å². The molecule has 0 aliphatic rings. The summed E-state index contributed by atoms with van der Waals surface area (Å²) in [5.41, 5.74) is 1.70. The number of anilines is 2. The molecule has 1 unspecified atom stereocenters. The van der Waals surface area contributed by atoms with E-state index in [-0.39, 0.29) is 11.2 Å². The summed E-state index contributed by atoms with van der Waals surface area (Å²) in [5.74, 6) is -0.0900. The lowest BCUT2D eigenvalue weighted by Crippen LogP contribution is -2.22. The topological polar surface area (TPSA) is 66.9 Å². The van der Waals surface area contributed by atoms with Crippen molar-refractivity contribution in [2.24, 2.45) is 0 Å². The Kier molecular flexibility index (Phi) is 7.12. The average molecular weight is 439 g/mol. The second kappa shape index (κ2) is 9.54. The molecule has 3 rings (SSSR count). The third kappa shape index (κ3) is 5.93. The second-order valence-corrected chi connectivity index (χ2v) is 9.87. The van der Waals surface area contributed by atoms with Gasteiger partial charge in [0.15, 0.2) is 4.34 Å². The van der Waals surface area contributed by atoms with E-state index in [1.807, 2.05) is 19.9 Å². The minimum absolute atomic E-state index is 0.0900. The second-order valence-electron chi connectivity index (χ2n) is 5.84. The van der Waals surface area contributed by atoms with Crippen LogP contribution >= 0.6 is 46.0 Å². The largest absolute Gasteiger partial charge is 0.360 e. The summed E-state index contributed by atoms with van der Waals surface area (Å²) < 4.78 is 0.763. The Balaban J connectivity index is 1.50. The molecule has 0 bridgehead atoms. The van der Waals surface area contributed by atoms with Crippen molar-refractivity contribution in [1.29, 1.82) is 0 Å². The molecule has 0 saturated carbocycles. The van der Waals surface area contributed by atoms with Gasteiger partial charge in [-0.25, -0.2) is 0 Å². The lowest BCUT2D eigenvalue weighted by molar-refractivity contribution is -0.115. The Labute approximate surface area is 175 Å². The van der Waals surface area contributed by atoms with E-state index < -0.39 is 0 Å². The first-order valence-electron chi connectivity index (χ1n) is 8.34. The number of benzene rings is 1. The van der Waals surface area contributed by atoms with E-state index in [0.29, 0.717) is 5.02 Å². The molecule has 0 spiro atoms. The molecule has 142 valence electrons. The summed E-state index contributed by atoms with van der Waals surface area (Å²) in [5, 5.41) is 17.7. The van der Waals surface area contributed by atoms with Gasteiger partial charge < -0.3 is 10.6 Å². The zero-order chi connectivity index (χ0) is 19.2. The third-order valence-corrected chi connectivity index (χ3v) is 6.97. The summed E-state index contributed by atoms with van der Waals surface area (Å²) in [4.78, 5) is 13.8. The van der Waals surface area contributed by atoms with Gasteiger partial charge in [-0.05, 0) is 49.4 Å². The van der Waals surface area contributed by atoms with Crippen LogP contribution in [0.15, 0.2) is 40.1 Å². The number of hydrogen-bond acceptors (Lipinski definition) is 7. The van der Waals surface area contributed by atoms with Gasteiger partial charge in [0, 0.05) is 22.1 Å². The van der Waals surface area contributed by atoms with Crippen molar-refractivity contribution in [2.75, 3.05) is 17.2 Å². The minimum Gasteiger partial charge on any atom is -0.360 e. The van der Waals surface area contributed by atoms with Crippen molar-refractivity contribution in [2.45, 2.75) is 29.9 Å². The highest BCUT2D eigenvalue weighted by Gasteiger charge is 2.18. The summed E-state index contributed by atoms with van der Waals surface area (Å²) in [6, 6.07) is 9.62. The number of rotatable bonds is 8. The monoisotopic (exact) mass is 438 g/mol. The highest BCUT2D eigenvalue weighted by atomic mass is 35.5. The summed E-state index contributed by atoms with van der Waals surface area (Å²) >= 11 is 10.6. The molecule has 27 heavy (non-hydrogen) atoms. The third-order valence-electron chi connectivity index (χ3n) is 3.74. The minimum atomic E-state index is -0.296. The van der Waals surface area contributed by atoms with Crippen LogP contribution in [0.25, 0.3) is 0 Å². The van der Waals surface area contributed by atoms with Crippen LogP contribution in [0, 0.1) is 6.92 Å². The van der Waals surface area contributed by atoms with E-state index in [1.54, 1.807) is 23.5 Å². The molecule has 3 aromatic rings. The maximum Gasteiger partial charge on any atom is 0.237 e. The van der Waals surface area contributed by atoms with Crippen molar-refractivity contribution < 1.29 is 4.79 Å². The van der Waals surface area contributed by atoms with Crippen LogP contribution in [0.2, 0.25) is 5.02 Å². The molecule has 2 N–H and O–H groups in total. The maximum atomic E-state index is 12.5. The number of thioether (sulfide) groups is 1. The number of nitrogens with one attached hydrogen (secondary N) is 2. The summed E-state index contributed by atoms with van der Waals surface area (Å²) in [6.07, 6.45) is 0.956. The molecule has 1 amide bonds. The average Bonchev–Trinajstić information content (AvgIpc) is 3.30. The van der Waals surface area contributed by atoms with Crippen molar-refractivity contribution >= 4 is 62.8 Å². The summed E-state index contributed by atoms with van der Waals surface area (Å²) in [6.45, 7) is 4.59. The maximum absolute atomic E-state index is 12.5. The fourth-order valence-corrected chi connectivity index (χ4v) is 5.05. The normalized spacial score (nSPS) is 12.0. The number of halogens is 1. The van der Waals surface area contributed by atoms with Crippen LogP contribution in [0.3, 0.4) is 0 Å². The first-order valence-corrected chi connectivity index (χ1v) is 11.3. The lowest BCUT2D eigenvalue weighted by Gasteiger charge is -2.12. The van der Waals surface area contributed by atoms with Gasteiger partial charge in [0.25, 0.3) is 0 Å². The number of aromatic nitrogens is 2. The molecular formula is C18H19ClN4OS3. The van der Waals surface area contributed by atoms with Gasteiger partial charge in [0.2, 0.25) is 11.0 Å². The van der Waals surface area contributed by atoms with E-state index in [0.717, 1.165) is 33.7 Å². The fourth-order valence-electron chi connectivity index (χ4n) is 2.24.